The molecule has 5 nitrogen and oxygen atoms in total. The van der Waals surface area contributed by atoms with E-state index in [0.717, 1.165) is 24.8 Å². The van der Waals surface area contributed by atoms with E-state index in [9.17, 15) is 15.0 Å². The Labute approximate surface area is 172 Å². The lowest BCUT2D eigenvalue weighted by Gasteiger charge is -2.83. The van der Waals surface area contributed by atoms with Gasteiger partial charge in [-0.25, -0.2) is 0 Å². The fourth-order valence-corrected chi connectivity index (χ4v) is 9.00. The molecule has 0 aromatic rings. The standard InChI is InChI=1S/C24H32O5/c1-12-13-7-8-14-22-10-6-9-20(2,3)17(22)19(26)24(28-11-22,29-21(4,5)27)23(14)16(13)15(12)18(23)25/h6,10,13-17,19,26-27H,1,7-9,11H2,2-5H3/t13-,14-,15?,16-,17+,19-,22+,23+,24-/m0/s1. The Morgan fingerprint density at radius 3 is 2.72 bits per heavy atom. The van der Waals surface area contributed by atoms with Crippen LogP contribution in [0.2, 0.25) is 0 Å². The molecule has 7 aliphatic rings. The summed E-state index contributed by atoms with van der Waals surface area (Å²) in [5, 5.41) is 22.6. The van der Waals surface area contributed by atoms with E-state index in [1.165, 1.54) is 0 Å². The average molecular weight is 401 g/mol. The largest absolute Gasteiger partial charge is 0.387 e. The maximum absolute atomic E-state index is 13.8. The van der Waals surface area contributed by atoms with Crippen LogP contribution in [0.5, 0.6) is 0 Å². The number of aliphatic hydroxyl groups excluding tert-OH is 1. The Bertz CT molecular complexity index is 867. The molecule has 158 valence electrons. The molecule has 0 amide bonds. The van der Waals surface area contributed by atoms with Gasteiger partial charge in [0.1, 0.15) is 6.10 Å². The van der Waals surface area contributed by atoms with Crippen molar-refractivity contribution in [1.29, 1.82) is 0 Å². The van der Waals surface area contributed by atoms with Crippen LogP contribution in [0.3, 0.4) is 0 Å². The molecule has 2 N–H and O–H groups in total. The quantitative estimate of drug-likeness (QED) is 0.551. The molecule has 4 saturated carbocycles. The highest BCUT2D eigenvalue weighted by Gasteiger charge is 2.91. The van der Waals surface area contributed by atoms with Crippen LogP contribution in [0.25, 0.3) is 0 Å². The smallest absolute Gasteiger partial charge is 0.211 e. The number of aliphatic hydroxyl groups is 2. The van der Waals surface area contributed by atoms with E-state index in [-0.39, 0.29) is 40.3 Å². The van der Waals surface area contributed by atoms with Gasteiger partial charge in [-0.1, -0.05) is 38.2 Å². The number of fused-ring (bicyclic) bond motifs is 1. The lowest BCUT2D eigenvalue weighted by molar-refractivity contribution is -0.494. The molecule has 2 heterocycles. The molecule has 2 spiro atoms. The summed E-state index contributed by atoms with van der Waals surface area (Å²) < 4.78 is 12.7. The maximum atomic E-state index is 13.8. The zero-order valence-electron chi connectivity index (χ0n) is 17.8. The summed E-state index contributed by atoms with van der Waals surface area (Å²) in [6, 6.07) is 0. The van der Waals surface area contributed by atoms with Crippen LogP contribution in [0, 0.1) is 45.8 Å². The maximum Gasteiger partial charge on any atom is 0.211 e. The molecule has 7 rings (SSSR count). The highest BCUT2D eigenvalue weighted by Crippen LogP contribution is 2.83. The summed E-state index contributed by atoms with van der Waals surface area (Å²) in [7, 11) is 0. The third-order valence-corrected chi connectivity index (χ3v) is 9.56. The minimum Gasteiger partial charge on any atom is -0.387 e. The number of rotatable bonds is 2. The summed E-state index contributed by atoms with van der Waals surface area (Å²) in [6.45, 7) is 12.1. The van der Waals surface area contributed by atoms with Crippen LogP contribution in [0.4, 0.5) is 0 Å². The van der Waals surface area contributed by atoms with Crippen LogP contribution < -0.4 is 0 Å². The Hall–Kier alpha value is -1.01. The van der Waals surface area contributed by atoms with E-state index in [1.807, 2.05) is 0 Å². The van der Waals surface area contributed by atoms with Gasteiger partial charge < -0.3 is 19.7 Å². The lowest BCUT2D eigenvalue weighted by atomic mass is 9.23. The number of allylic oxidation sites excluding steroid dienone is 2. The summed E-state index contributed by atoms with van der Waals surface area (Å²) in [4.78, 5) is 13.8. The fourth-order valence-electron chi connectivity index (χ4n) is 9.00. The predicted octanol–water partition coefficient (Wildman–Crippen LogP) is 2.82. The number of Topliss-reactive ketones (excluding diaryl/α,β-unsaturated/α-hetero) is 1. The molecular weight excluding hydrogens is 368 g/mol. The van der Waals surface area contributed by atoms with E-state index in [0.29, 0.717) is 12.5 Å². The molecule has 2 bridgehead atoms. The van der Waals surface area contributed by atoms with Crippen molar-refractivity contribution in [3.8, 4) is 0 Å². The molecule has 0 radical (unpaired) electrons. The van der Waals surface area contributed by atoms with Gasteiger partial charge in [-0.15, -0.1) is 0 Å². The molecule has 2 saturated heterocycles. The number of carbonyl (C=O) groups excluding carboxylic acids is 1. The predicted molar refractivity (Wildman–Crippen MR) is 105 cm³/mol. The third kappa shape index (κ3) is 1.69. The van der Waals surface area contributed by atoms with Gasteiger partial charge in [0.05, 0.1) is 12.0 Å². The van der Waals surface area contributed by atoms with Crippen LogP contribution in [-0.4, -0.2) is 40.3 Å². The number of hydrogen-bond donors (Lipinski definition) is 2. The first kappa shape index (κ1) is 18.7. The zero-order chi connectivity index (χ0) is 20.8. The summed E-state index contributed by atoms with van der Waals surface area (Å²) in [5.41, 5.74) is -0.366. The molecule has 5 heteroatoms. The molecule has 1 unspecified atom stereocenters. The Kier molecular flexibility index (Phi) is 3.17. The first-order valence-corrected chi connectivity index (χ1v) is 11.1. The molecule has 9 atom stereocenters. The lowest BCUT2D eigenvalue weighted by Crippen LogP contribution is -2.91. The van der Waals surface area contributed by atoms with Gasteiger partial charge in [0.2, 0.25) is 5.79 Å². The van der Waals surface area contributed by atoms with Gasteiger partial charge in [-0.3, -0.25) is 4.79 Å². The topological polar surface area (TPSA) is 76.0 Å². The third-order valence-electron chi connectivity index (χ3n) is 9.56. The molecular formula is C24H32O5. The van der Waals surface area contributed by atoms with Gasteiger partial charge in [0, 0.05) is 17.3 Å². The zero-order valence-corrected chi connectivity index (χ0v) is 17.8. The highest BCUT2D eigenvalue weighted by atomic mass is 16.8. The minimum absolute atomic E-state index is 0.0634. The molecule has 2 aliphatic heterocycles. The molecule has 0 aromatic carbocycles. The van der Waals surface area contributed by atoms with Crippen molar-refractivity contribution in [3.63, 3.8) is 0 Å². The van der Waals surface area contributed by atoms with Crippen LogP contribution in [0.1, 0.15) is 47.0 Å². The SMILES string of the molecule is C=C1C2C(=O)[C@]34[C@H]2[C@H]1CC[C@H]3[C@]12C=CCC(C)(C)[C@H]1[C@H](O)[C@@]4(OC(C)(C)O)OC2. The van der Waals surface area contributed by atoms with Crippen LogP contribution in [-0.2, 0) is 14.3 Å². The van der Waals surface area contributed by atoms with Crippen LogP contribution >= 0.6 is 0 Å². The van der Waals surface area contributed by atoms with Crippen molar-refractivity contribution in [2.24, 2.45) is 45.8 Å². The van der Waals surface area contributed by atoms with Gasteiger partial charge in [-0.05, 0) is 56.3 Å². The average Bonchev–Trinajstić information content (AvgIpc) is 2.59. The molecule has 5 aliphatic carbocycles. The first-order chi connectivity index (χ1) is 13.4. The van der Waals surface area contributed by atoms with Crippen molar-refractivity contribution in [3.05, 3.63) is 24.3 Å². The van der Waals surface area contributed by atoms with Gasteiger partial charge in [0.25, 0.3) is 0 Å². The van der Waals surface area contributed by atoms with Crippen molar-refractivity contribution < 1.29 is 24.5 Å². The number of ether oxygens (including phenoxy) is 2. The second-order valence-electron chi connectivity index (χ2n) is 11.7. The normalized spacial score (nSPS) is 56.1. The molecule has 6 fully saturated rings. The summed E-state index contributed by atoms with van der Waals surface area (Å²) >= 11 is 0. The number of hydrogen-bond acceptors (Lipinski definition) is 5. The van der Waals surface area contributed by atoms with Crippen molar-refractivity contribution in [2.45, 2.75) is 64.6 Å². The number of carbonyl (C=O) groups is 1. The van der Waals surface area contributed by atoms with E-state index in [4.69, 9.17) is 9.47 Å². The monoisotopic (exact) mass is 400 g/mol. The van der Waals surface area contributed by atoms with E-state index < -0.39 is 23.1 Å². The van der Waals surface area contributed by atoms with Crippen molar-refractivity contribution in [2.75, 3.05) is 6.61 Å². The highest BCUT2D eigenvalue weighted by molar-refractivity contribution is 6.01. The minimum atomic E-state index is -1.52. The van der Waals surface area contributed by atoms with Gasteiger partial charge >= 0.3 is 0 Å². The second-order valence-corrected chi connectivity index (χ2v) is 11.7. The van der Waals surface area contributed by atoms with Gasteiger partial charge in [0.15, 0.2) is 11.6 Å². The Balaban J connectivity index is 1.62. The first-order valence-electron chi connectivity index (χ1n) is 11.1. The van der Waals surface area contributed by atoms with Gasteiger partial charge in [-0.2, -0.15) is 0 Å². The van der Waals surface area contributed by atoms with Crippen molar-refractivity contribution >= 4 is 5.78 Å². The van der Waals surface area contributed by atoms with E-state index in [1.54, 1.807) is 13.8 Å². The fraction of sp³-hybridized carbons (Fsp3) is 0.792. The summed E-state index contributed by atoms with van der Waals surface area (Å²) in [5.74, 6) is -2.65. The Morgan fingerprint density at radius 1 is 1.31 bits per heavy atom. The van der Waals surface area contributed by atoms with E-state index in [2.05, 4.69) is 32.6 Å². The number of ketones is 1. The summed E-state index contributed by atoms with van der Waals surface area (Å²) in [6.07, 6.45) is 6.31. The van der Waals surface area contributed by atoms with Crippen LogP contribution in [0.15, 0.2) is 24.3 Å². The second kappa shape index (κ2) is 4.90. The molecule has 0 aromatic heterocycles. The molecule has 29 heavy (non-hydrogen) atoms. The van der Waals surface area contributed by atoms with E-state index >= 15 is 0 Å². The van der Waals surface area contributed by atoms with Crippen molar-refractivity contribution in [1.82, 2.24) is 0 Å². The Morgan fingerprint density at radius 2 is 2.03 bits per heavy atom.